The van der Waals surface area contributed by atoms with Crippen molar-refractivity contribution in [3.8, 4) is 11.5 Å². The molecule has 1 atom stereocenters. The van der Waals surface area contributed by atoms with Crippen molar-refractivity contribution in [3.63, 3.8) is 0 Å². The highest BCUT2D eigenvalue weighted by molar-refractivity contribution is 7.99. The second kappa shape index (κ2) is 6.73. The molecule has 0 N–H and O–H groups in total. The van der Waals surface area contributed by atoms with Gasteiger partial charge in [0.25, 0.3) is 5.22 Å². The van der Waals surface area contributed by atoms with Gasteiger partial charge < -0.3 is 4.42 Å². The van der Waals surface area contributed by atoms with E-state index in [1.807, 2.05) is 31.2 Å². The van der Waals surface area contributed by atoms with Gasteiger partial charge in [-0.2, -0.15) is 0 Å². The summed E-state index contributed by atoms with van der Waals surface area (Å²) >= 11 is 3.23. The molecule has 27 heavy (non-hydrogen) atoms. The summed E-state index contributed by atoms with van der Waals surface area (Å²) < 4.78 is 5.90. The van der Waals surface area contributed by atoms with E-state index in [1.54, 1.807) is 17.7 Å². The molecule has 1 aliphatic rings. The van der Waals surface area contributed by atoms with Crippen LogP contribution in [0.1, 0.15) is 29.3 Å². The van der Waals surface area contributed by atoms with Gasteiger partial charge in [0.1, 0.15) is 16.2 Å². The van der Waals surface area contributed by atoms with Crippen molar-refractivity contribution in [1.29, 1.82) is 0 Å². The van der Waals surface area contributed by atoms with Crippen molar-refractivity contribution in [3.05, 3.63) is 46.6 Å². The number of thiophene rings is 1. The van der Waals surface area contributed by atoms with Crippen LogP contribution in [0.5, 0.6) is 0 Å². The highest BCUT2D eigenvalue weighted by Gasteiger charge is 2.24. The molecule has 4 aromatic rings. The Morgan fingerprint density at radius 2 is 2.15 bits per heavy atom. The molecule has 0 aliphatic heterocycles. The SMILES string of the molecule is Cc1cccc(-c2nnc(Sc3ncnc4sc5c(c34)CC[C@H](C)C5)o2)c1. The van der Waals surface area contributed by atoms with E-state index < -0.39 is 0 Å². The van der Waals surface area contributed by atoms with E-state index in [9.17, 15) is 0 Å². The van der Waals surface area contributed by atoms with Crippen molar-refractivity contribution >= 4 is 33.3 Å². The molecule has 1 aliphatic carbocycles. The molecule has 1 aromatic carbocycles. The normalized spacial score (nSPS) is 16.6. The van der Waals surface area contributed by atoms with Crippen LogP contribution in [0.2, 0.25) is 0 Å². The second-order valence-corrected chi connectivity index (χ2v) is 9.08. The maximum Gasteiger partial charge on any atom is 0.283 e. The Morgan fingerprint density at radius 3 is 3.04 bits per heavy atom. The summed E-state index contributed by atoms with van der Waals surface area (Å²) in [5.41, 5.74) is 3.51. The fraction of sp³-hybridized carbons (Fsp3) is 0.300. The molecule has 0 amide bonds. The van der Waals surface area contributed by atoms with Crippen LogP contribution >= 0.6 is 23.1 Å². The molecule has 5 nitrogen and oxygen atoms in total. The molecule has 0 saturated carbocycles. The first-order chi connectivity index (χ1) is 13.2. The Morgan fingerprint density at radius 1 is 1.22 bits per heavy atom. The first-order valence-corrected chi connectivity index (χ1v) is 10.6. The minimum absolute atomic E-state index is 0.510. The third kappa shape index (κ3) is 3.15. The molecule has 3 aromatic heterocycles. The zero-order chi connectivity index (χ0) is 18.4. The number of hydrogen-bond donors (Lipinski definition) is 0. The Bertz CT molecular complexity index is 1130. The largest absolute Gasteiger partial charge is 0.411 e. The summed E-state index contributed by atoms with van der Waals surface area (Å²) in [4.78, 5) is 11.5. The van der Waals surface area contributed by atoms with Crippen molar-refractivity contribution in [2.45, 2.75) is 43.4 Å². The number of aromatic nitrogens is 4. The smallest absolute Gasteiger partial charge is 0.283 e. The minimum atomic E-state index is 0.510. The van der Waals surface area contributed by atoms with Gasteiger partial charge in [-0.05, 0) is 61.6 Å². The average Bonchev–Trinajstić information content (AvgIpc) is 3.26. The van der Waals surface area contributed by atoms with Gasteiger partial charge in [-0.15, -0.1) is 21.5 Å². The molecule has 0 radical (unpaired) electrons. The molecule has 5 rings (SSSR count). The van der Waals surface area contributed by atoms with Gasteiger partial charge in [0.2, 0.25) is 5.89 Å². The van der Waals surface area contributed by atoms with Gasteiger partial charge >= 0.3 is 0 Å². The molecule has 0 saturated heterocycles. The number of rotatable bonds is 3. The van der Waals surface area contributed by atoms with Gasteiger partial charge in [0, 0.05) is 15.8 Å². The minimum Gasteiger partial charge on any atom is -0.411 e. The summed E-state index contributed by atoms with van der Waals surface area (Å²) in [6.07, 6.45) is 5.08. The maximum absolute atomic E-state index is 5.90. The summed E-state index contributed by atoms with van der Waals surface area (Å²) in [5.74, 6) is 1.27. The molecule has 0 fully saturated rings. The zero-order valence-electron chi connectivity index (χ0n) is 15.1. The van der Waals surface area contributed by atoms with Crippen LogP contribution in [0.25, 0.3) is 21.7 Å². The molecular formula is C20H18N4OS2. The highest BCUT2D eigenvalue weighted by atomic mass is 32.2. The molecule has 136 valence electrons. The van der Waals surface area contributed by atoms with E-state index in [4.69, 9.17) is 4.42 Å². The van der Waals surface area contributed by atoms with E-state index in [0.29, 0.717) is 11.1 Å². The Balaban J connectivity index is 1.50. The third-order valence-corrected chi connectivity index (χ3v) is 6.92. The van der Waals surface area contributed by atoms with Crippen LogP contribution in [0.4, 0.5) is 0 Å². The monoisotopic (exact) mass is 394 g/mol. The van der Waals surface area contributed by atoms with Gasteiger partial charge in [-0.1, -0.05) is 24.6 Å². The highest BCUT2D eigenvalue weighted by Crippen LogP contribution is 2.42. The zero-order valence-corrected chi connectivity index (χ0v) is 16.7. The molecule has 7 heteroatoms. The lowest BCUT2D eigenvalue weighted by molar-refractivity contribution is 0.465. The fourth-order valence-electron chi connectivity index (χ4n) is 3.55. The molecule has 0 spiro atoms. The number of hydrogen-bond acceptors (Lipinski definition) is 7. The van der Waals surface area contributed by atoms with E-state index in [2.05, 4.69) is 27.1 Å². The number of benzene rings is 1. The predicted octanol–water partition coefficient (Wildman–Crippen LogP) is 5.33. The van der Waals surface area contributed by atoms with Gasteiger partial charge in [-0.3, -0.25) is 0 Å². The lowest BCUT2D eigenvalue weighted by Gasteiger charge is -2.17. The van der Waals surface area contributed by atoms with E-state index in [1.165, 1.54) is 34.0 Å². The quantitative estimate of drug-likeness (QED) is 0.438. The van der Waals surface area contributed by atoms with Crippen LogP contribution < -0.4 is 0 Å². The van der Waals surface area contributed by atoms with E-state index in [0.717, 1.165) is 39.7 Å². The first kappa shape index (κ1) is 16.9. The Labute approximate surface area is 165 Å². The summed E-state index contributed by atoms with van der Waals surface area (Å²) in [7, 11) is 0. The third-order valence-electron chi connectivity index (χ3n) is 4.91. The second-order valence-electron chi connectivity index (χ2n) is 7.06. The van der Waals surface area contributed by atoms with Crippen molar-refractivity contribution in [2.24, 2.45) is 5.92 Å². The summed E-state index contributed by atoms with van der Waals surface area (Å²) in [6, 6.07) is 8.07. The fourth-order valence-corrected chi connectivity index (χ4v) is 5.76. The summed E-state index contributed by atoms with van der Waals surface area (Å²) in [6.45, 7) is 4.37. The molecule has 3 heterocycles. The average molecular weight is 395 g/mol. The van der Waals surface area contributed by atoms with Crippen LogP contribution in [0.15, 0.2) is 45.3 Å². The van der Waals surface area contributed by atoms with Gasteiger partial charge in [0.05, 0.1) is 0 Å². The Hall–Kier alpha value is -2.25. The van der Waals surface area contributed by atoms with Gasteiger partial charge in [0.15, 0.2) is 0 Å². The standard InChI is InChI=1S/C20H18N4OS2/c1-11-4-3-5-13(8-11)17-23-24-20(25-17)27-19-16-14-7-6-12(2)9-15(14)26-18(16)21-10-22-19/h3-5,8,10,12H,6-7,9H2,1-2H3/t12-/m0/s1. The van der Waals surface area contributed by atoms with E-state index in [-0.39, 0.29) is 0 Å². The predicted molar refractivity (Wildman–Crippen MR) is 107 cm³/mol. The first-order valence-electron chi connectivity index (χ1n) is 9.01. The molecule has 0 bridgehead atoms. The van der Waals surface area contributed by atoms with E-state index >= 15 is 0 Å². The van der Waals surface area contributed by atoms with Gasteiger partial charge in [-0.25, -0.2) is 9.97 Å². The topological polar surface area (TPSA) is 64.7 Å². The number of nitrogens with zero attached hydrogens (tertiary/aromatic N) is 4. The summed E-state index contributed by atoms with van der Waals surface area (Å²) in [5, 5.41) is 11.0. The lowest BCUT2D eigenvalue weighted by Crippen LogP contribution is -2.08. The van der Waals surface area contributed by atoms with Crippen molar-refractivity contribution in [2.75, 3.05) is 0 Å². The van der Waals surface area contributed by atoms with Crippen molar-refractivity contribution in [1.82, 2.24) is 20.2 Å². The van der Waals surface area contributed by atoms with Crippen LogP contribution in [0, 0.1) is 12.8 Å². The van der Waals surface area contributed by atoms with Crippen LogP contribution in [0.3, 0.4) is 0 Å². The Kier molecular flexibility index (Phi) is 4.21. The number of fused-ring (bicyclic) bond motifs is 3. The molecular weight excluding hydrogens is 376 g/mol. The van der Waals surface area contributed by atoms with Crippen molar-refractivity contribution < 1.29 is 4.42 Å². The maximum atomic E-state index is 5.90. The lowest BCUT2D eigenvalue weighted by atomic mass is 9.89. The van der Waals surface area contributed by atoms with Crippen LogP contribution in [-0.4, -0.2) is 20.2 Å². The van der Waals surface area contributed by atoms with Crippen LogP contribution in [-0.2, 0) is 12.8 Å². The number of aryl methyl sites for hydroxylation is 2. The molecule has 0 unspecified atom stereocenters.